The summed E-state index contributed by atoms with van der Waals surface area (Å²) in [4.78, 5) is 42.8. The SMILES string of the molecule is COc1ccccc1CCn1c(=O)n(CC(=O)O)c(=O)c2nc(-n3nccn3)sc21. The molecule has 0 saturated heterocycles. The van der Waals surface area contributed by atoms with Crippen molar-refractivity contribution in [3.05, 3.63) is 63.1 Å². The van der Waals surface area contributed by atoms with Crippen LogP contribution in [0.2, 0.25) is 0 Å². The van der Waals surface area contributed by atoms with Crippen LogP contribution in [0.15, 0.2) is 46.2 Å². The van der Waals surface area contributed by atoms with E-state index in [0.717, 1.165) is 16.9 Å². The van der Waals surface area contributed by atoms with Gasteiger partial charge in [-0.05, 0) is 18.1 Å². The summed E-state index contributed by atoms with van der Waals surface area (Å²) in [5.74, 6) is -0.625. The third-order valence-corrected chi connectivity index (χ3v) is 5.48. The fraction of sp³-hybridized carbons (Fsp3) is 0.222. The van der Waals surface area contributed by atoms with E-state index in [4.69, 9.17) is 9.84 Å². The van der Waals surface area contributed by atoms with E-state index in [1.165, 1.54) is 21.8 Å². The summed E-state index contributed by atoms with van der Waals surface area (Å²) in [5.41, 5.74) is -0.614. The van der Waals surface area contributed by atoms with Gasteiger partial charge in [0.05, 0.1) is 19.5 Å². The first-order valence-corrected chi connectivity index (χ1v) is 9.65. The molecule has 1 aromatic carbocycles. The number of aromatic nitrogens is 6. The monoisotopic (exact) mass is 428 g/mol. The maximum atomic E-state index is 13.0. The molecule has 4 rings (SSSR count). The molecule has 0 aliphatic heterocycles. The minimum absolute atomic E-state index is 0.00632. The molecule has 0 spiro atoms. The van der Waals surface area contributed by atoms with Crippen molar-refractivity contribution in [2.45, 2.75) is 19.5 Å². The van der Waals surface area contributed by atoms with Gasteiger partial charge in [0.1, 0.15) is 17.1 Å². The summed E-state index contributed by atoms with van der Waals surface area (Å²) in [5, 5.41) is 17.4. The number of nitrogens with zero attached hydrogens (tertiary/aromatic N) is 6. The number of rotatable bonds is 7. The van der Waals surface area contributed by atoms with Gasteiger partial charge in [-0.25, -0.2) is 14.3 Å². The molecule has 154 valence electrons. The Labute approximate surface area is 172 Å². The molecule has 0 bridgehead atoms. The van der Waals surface area contributed by atoms with E-state index in [2.05, 4.69) is 15.2 Å². The molecule has 0 aliphatic carbocycles. The number of hydrogen-bond donors (Lipinski definition) is 1. The fourth-order valence-electron chi connectivity index (χ4n) is 3.08. The lowest BCUT2D eigenvalue weighted by Crippen LogP contribution is -2.41. The van der Waals surface area contributed by atoms with Crippen LogP contribution < -0.4 is 16.0 Å². The van der Waals surface area contributed by atoms with Gasteiger partial charge in [-0.3, -0.25) is 14.2 Å². The van der Waals surface area contributed by atoms with Crippen molar-refractivity contribution in [3.8, 4) is 10.9 Å². The smallest absolute Gasteiger partial charge is 0.332 e. The first-order valence-electron chi connectivity index (χ1n) is 8.84. The van der Waals surface area contributed by atoms with Crippen molar-refractivity contribution in [1.29, 1.82) is 0 Å². The lowest BCUT2D eigenvalue weighted by Gasteiger charge is -2.12. The van der Waals surface area contributed by atoms with E-state index < -0.39 is 23.8 Å². The Morgan fingerprint density at radius 2 is 1.90 bits per heavy atom. The Hall–Kier alpha value is -3.80. The first kappa shape index (κ1) is 19.5. The van der Waals surface area contributed by atoms with Gasteiger partial charge in [0.2, 0.25) is 5.13 Å². The van der Waals surface area contributed by atoms with E-state index in [1.54, 1.807) is 7.11 Å². The van der Waals surface area contributed by atoms with Crippen molar-refractivity contribution in [3.63, 3.8) is 0 Å². The molecule has 11 nitrogen and oxygen atoms in total. The molecule has 0 aliphatic rings. The van der Waals surface area contributed by atoms with E-state index in [9.17, 15) is 14.4 Å². The maximum absolute atomic E-state index is 13.0. The zero-order chi connectivity index (χ0) is 21.3. The third-order valence-electron chi connectivity index (χ3n) is 4.43. The van der Waals surface area contributed by atoms with Gasteiger partial charge in [0.25, 0.3) is 5.56 Å². The fourth-order valence-corrected chi connectivity index (χ4v) is 4.08. The predicted molar refractivity (Wildman–Crippen MR) is 107 cm³/mol. The predicted octanol–water partition coefficient (Wildman–Crippen LogP) is 0.536. The molecule has 0 saturated carbocycles. The molecule has 0 atom stereocenters. The molecular formula is C18H16N6O5S. The molecule has 3 aromatic heterocycles. The van der Waals surface area contributed by atoms with Crippen molar-refractivity contribution < 1.29 is 14.6 Å². The highest BCUT2D eigenvalue weighted by Gasteiger charge is 2.20. The number of hydrogen-bond acceptors (Lipinski definition) is 8. The average molecular weight is 428 g/mol. The number of aliphatic carboxylic acids is 1. The number of methoxy groups -OCH3 is 1. The Morgan fingerprint density at radius 1 is 1.17 bits per heavy atom. The topological polar surface area (TPSA) is 134 Å². The molecule has 30 heavy (non-hydrogen) atoms. The highest BCUT2D eigenvalue weighted by molar-refractivity contribution is 7.20. The second-order valence-corrected chi connectivity index (χ2v) is 7.21. The van der Waals surface area contributed by atoms with Crippen LogP contribution in [0, 0.1) is 0 Å². The zero-order valence-electron chi connectivity index (χ0n) is 15.8. The number of carbonyl (C=O) groups is 1. The van der Waals surface area contributed by atoms with Crippen molar-refractivity contribution in [1.82, 2.24) is 29.1 Å². The minimum Gasteiger partial charge on any atom is -0.496 e. The van der Waals surface area contributed by atoms with Crippen molar-refractivity contribution in [2.24, 2.45) is 0 Å². The van der Waals surface area contributed by atoms with E-state index in [0.29, 0.717) is 26.7 Å². The normalized spacial score (nSPS) is 11.1. The van der Waals surface area contributed by atoms with Gasteiger partial charge in [-0.1, -0.05) is 29.5 Å². The second kappa shape index (κ2) is 7.91. The van der Waals surface area contributed by atoms with Crippen LogP contribution in [0.25, 0.3) is 15.5 Å². The van der Waals surface area contributed by atoms with Crippen molar-refractivity contribution >= 4 is 27.7 Å². The van der Waals surface area contributed by atoms with Crippen LogP contribution in [0.5, 0.6) is 5.75 Å². The Kier molecular flexibility index (Phi) is 5.14. The first-order chi connectivity index (χ1) is 14.5. The van der Waals surface area contributed by atoms with Crippen LogP contribution in [-0.4, -0.2) is 47.3 Å². The summed E-state index contributed by atoms with van der Waals surface area (Å²) >= 11 is 1.08. The Bertz CT molecular complexity index is 1340. The Balaban J connectivity index is 1.86. The summed E-state index contributed by atoms with van der Waals surface area (Å²) < 4.78 is 7.38. The number of fused-ring (bicyclic) bond motifs is 1. The average Bonchev–Trinajstić information content (AvgIpc) is 3.41. The van der Waals surface area contributed by atoms with Gasteiger partial charge in [0.15, 0.2) is 5.52 Å². The summed E-state index contributed by atoms with van der Waals surface area (Å²) in [6.07, 6.45) is 3.35. The molecular weight excluding hydrogens is 412 g/mol. The summed E-state index contributed by atoms with van der Waals surface area (Å²) in [6, 6.07) is 7.38. The quantitative estimate of drug-likeness (QED) is 0.451. The van der Waals surface area contributed by atoms with E-state index >= 15 is 0 Å². The van der Waals surface area contributed by atoms with Crippen LogP contribution in [-0.2, 0) is 24.3 Å². The Morgan fingerprint density at radius 3 is 2.60 bits per heavy atom. The summed E-state index contributed by atoms with van der Waals surface area (Å²) in [7, 11) is 1.56. The largest absolute Gasteiger partial charge is 0.496 e. The van der Waals surface area contributed by atoms with Gasteiger partial charge < -0.3 is 9.84 Å². The minimum atomic E-state index is -1.30. The maximum Gasteiger partial charge on any atom is 0.332 e. The molecule has 4 aromatic rings. The number of aryl methyl sites for hydroxylation is 2. The van der Waals surface area contributed by atoms with Crippen LogP contribution in [0.3, 0.4) is 0 Å². The van der Waals surface area contributed by atoms with Crippen LogP contribution in [0.1, 0.15) is 5.56 Å². The van der Waals surface area contributed by atoms with E-state index in [-0.39, 0.29) is 12.1 Å². The van der Waals surface area contributed by atoms with Gasteiger partial charge in [0, 0.05) is 6.54 Å². The molecule has 12 heteroatoms. The van der Waals surface area contributed by atoms with Gasteiger partial charge in [-0.2, -0.15) is 10.2 Å². The number of thiazole rings is 1. The summed E-state index contributed by atoms with van der Waals surface area (Å²) in [6.45, 7) is -0.557. The van der Waals surface area contributed by atoms with Crippen LogP contribution >= 0.6 is 11.3 Å². The molecule has 0 fully saturated rings. The second-order valence-electron chi connectivity index (χ2n) is 6.25. The highest BCUT2D eigenvalue weighted by Crippen LogP contribution is 2.22. The molecule has 0 unspecified atom stereocenters. The lowest BCUT2D eigenvalue weighted by atomic mass is 10.1. The molecule has 1 N–H and O–H groups in total. The third kappa shape index (κ3) is 3.48. The lowest BCUT2D eigenvalue weighted by molar-refractivity contribution is -0.137. The van der Waals surface area contributed by atoms with Gasteiger partial charge in [-0.15, -0.1) is 4.80 Å². The number of carboxylic acid groups (broad SMARTS) is 1. The van der Waals surface area contributed by atoms with E-state index in [1.807, 2.05) is 24.3 Å². The highest BCUT2D eigenvalue weighted by atomic mass is 32.1. The number of carboxylic acids is 1. The molecule has 3 heterocycles. The number of ether oxygens (including phenoxy) is 1. The number of benzene rings is 1. The standard InChI is InChI=1S/C18H16N6O5S/c1-29-12-5-3-2-4-11(12)6-9-22-16-14(15(27)23(18(22)28)10-13(25)26)21-17(30-16)24-19-7-8-20-24/h2-5,7-8H,6,9-10H2,1H3,(H,25,26). The molecule has 0 radical (unpaired) electrons. The van der Waals surface area contributed by atoms with Crippen molar-refractivity contribution in [2.75, 3.05) is 7.11 Å². The number of para-hydroxylation sites is 1. The zero-order valence-corrected chi connectivity index (χ0v) is 16.6. The van der Waals surface area contributed by atoms with Crippen LogP contribution in [0.4, 0.5) is 0 Å². The van der Waals surface area contributed by atoms with Gasteiger partial charge >= 0.3 is 11.7 Å². The molecule has 0 amide bonds.